The van der Waals surface area contributed by atoms with Gasteiger partial charge in [0.15, 0.2) is 11.5 Å². The van der Waals surface area contributed by atoms with Crippen LogP contribution in [0.4, 0.5) is 0 Å². The van der Waals surface area contributed by atoms with Crippen LogP contribution in [0.15, 0.2) is 46.0 Å². The van der Waals surface area contributed by atoms with Gasteiger partial charge in [-0.15, -0.1) is 0 Å². The van der Waals surface area contributed by atoms with E-state index in [1.54, 1.807) is 43.3 Å². The fourth-order valence-corrected chi connectivity index (χ4v) is 3.12. The van der Waals surface area contributed by atoms with Gasteiger partial charge in [0.05, 0.1) is 17.3 Å². The Morgan fingerprint density at radius 3 is 2.53 bits per heavy atom. The Kier molecular flexibility index (Phi) is 8.68. The second-order valence-corrected chi connectivity index (χ2v) is 8.01. The van der Waals surface area contributed by atoms with Crippen LogP contribution in [0.2, 0.25) is 5.02 Å². The largest absolute Gasteiger partial charge is 0.503 e. The Labute approximate surface area is 188 Å². The first-order valence-electron chi connectivity index (χ1n) is 9.27. The number of halogens is 2. The molecule has 9 heteroatoms. The van der Waals surface area contributed by atoms with E-state index in [2.05, 4.69) is 31.8 Å². The van der Waals surface area contributed by atoms with Gasteiger partial charge in [-0.05, 0) is 70.7 Å². The predicted octanol–water partition coefficient (Wildman–Crippen LogP) is 4.11. The van der Waals surface area contributed by atoms with E-state index in [0.29, 0.717) is 33.0 Å². The lowest BCUT2D eigenvalue weighted by Gasteiger charge is -2.20. The van der Waals surface area contributed by atoms with Crippen molar-refractivity contribution >= 4 is 45.6 Å². The molecule has 0 spiro atoms. The summed E-state index contributed by atoms with van der Waals surface area (Å²) in [5, 5.41) is 17.2. The first-order chi connectivity index (χ1) is 14.2. The summed E-state index contributed by atoms with van der Waals surface area (Å²) in [7, 11) is 0. The molecule has 1 unspecified atom stereocenters. The van der Waals surface area contributed by atoms with Gasteiger partial charge in [-0.2, -0.15) is 5.10 Å². The van der Waals surface area contributed by atoms with Gasteiger partial charge in [-0.25, -0.2) is 5.43 Å². The van der Waals surface area contributed by atoms with Gasteiger partial charge >= 0.3 is 0 Å². The molecular weight excluding hydrogens is 474 g/mol. The lowest BCUT2D eigenvalue weighted by Crippen LogP contribution is -2.48. The summed E-state index contributed by atoms with van der Waals surface area (Å²) < 4.78 is 5.80. The normalized spacial score (nSPS) is 12.1. The quantitative estimate of drug-likeness (QED) is 0.378. The van der Waals surface area contributed by atoms with Crippen molar-refractivity contribution < 1.29 is 19.4 Å². The van der Waals surface area contributed by atoms with E-state index in [4.69, 9.17) is 16.3 Å². The Balaban J connectivity index is 2.06. The molecule has 0 aliphatic rings. The molecule has 0 aliphatic carbocycles. The third-order valence-electron chi connectivity index (χ3n) is 4.08. The zero-order valence-corrected chi connectivity index (χ0v) is 19.1. The van der Waals surface area contributed by atoms with Crippen LogP contribution in [0.5, 0.6) is 11.5 Å². The number of amides is 2. The molecule has 0 fully saturated rings. The zero-order valence-electron chi connectivity index (χ0n) is 16.8. The Hall–Kier alpha value is -2.58. The molecule has 0 saturated heterocycles. The summed E-state index contributed by atoms with van der Waals surface area (Å²) in [5.74, 6) is -0.707. The van der Waals surface area contributed by atoms with Gasteiger partial charge in [-0.3, -0.25) is 9.59 Å². The number of hydrazone groups is 1. The fraction of sp³-hybridized carbons (Fsp3) is 0.286. The van der Waals surface area contributed by atoms with E-state index in [1.165, 1.54) is 6.21 Å². The molecule has 1 atom stereocenters. The van der Waals surface area contributed by atoms with Crippen LogP contribution in [-0.2, 0) is 4.79 Å². The second kappa shape index (κ2) is 11.0. The minimum atomic E-state index is -0.782. The molecule has 0 radical (unpaired) electrons. The van der Waals surface area contributed by atoms with Crippen LogP contribution in [0.3, 0.4) is 0 Å². The van der Waals surface area contributed by atoms with Crippen LogP contribution >= 0.6 is 27.5 Å². The predicted molar refractivity (Wildman–Crippen MR) is 120 cm³/mol. The summed E-state index contributed by atoms with van der Waals surface area (Å²) in [6.07, 6.45) is 1.42. The summed E-state index contributed by atoms with van der Waals surface area (Å²) in [4.78, 5) is 25.0. The molecule has 7 nitrogen and oxygen atoms in total. The third-order valence-corrected chi connectivity index (χ3v) is 4.94. The van der Waals surface area contributed by atoms with E-state index >= 15 is 0 Å². The highest BCUT2D eigenvalue weighted by Gasteiger charge is 2.24. The standard InChI is InChI=1S/C21H23BrClN3O4/c1-4-30-17-10-13(9-16(22)19(17)27)11-24-26-21(29)18(12(2)3)25-20(28)14-5-7-15(23)8-6-14/h5-12,18,27H,4H2,1-3H3,(H,25,28)(H,26,29). The Morgan fingerprint density at radius 2 is 1.93 bits per heavy atom. The maximum Gasteiger partial charge on any atom is 0.262 e. The van der Waals surface area contributed by atoms with Crippen LogP contribution in [-0.4, -0.2) is 35.8 Å². The number of ether oxygens (including phenoxy) is 1. The van der Waals surface area contributed by atoms with Crippen molar-refractivity contribution in [2.75, 3.05) is 6.61 Å². The number of hydrogen-bond donors (Lipinski definition) is 3. The SMILES string of the molecule is CCOc1cc(C=NNC(=O)C(NC(=O)c2ccc(Cl)cc2)C(C)C)cc(Br)c1O. The van der Waals surface area contributed by atoms with E-state index in [-0.39, 0.29) is 17.6 Å². The number of phenolic OH excluding ortho intramolecular Hbond substituents is 1. The molecule has 3 N–H and O–H groups in total. The maximum atomic E-state index is 12.6. The van der Waals surface area contributed by atoms with Crippen molar-refractivity contribution in [1.29, 1.82) is 0 Å². The number of benzene rings is 2. The molecule has 0 saturated carbocycles. The number of aromatic hydroxyl groups is 1. The van der Waals surface area contributed by atoms with Gasteiger partial charge in [-0.1, -0.05) is 25.4 Å². The molecule has 0 aliphatic heterocycles. The number of nitrogens with zero attached hydrogens (tertiary/aromatic N) is 1. The first kappa shape index (κ1) is 23.7. The van der Waals surface area contributed by atoms with Crippen LogP contribution in [0.25, 0.3) is 0 Å². The van der Waals surface area contributed by atoms with Gasteiger partial charge in [0.2, 0.25) is 0 Å². The minimum Gasteiger partial charge on any atom is -0.503 e. The summed E-state index contributed by atoms with van der Waals surface area (Å²) in [6.45, 7) is 5.84. The number of rotatable bonds is 8. The minimum absolute atomic E-state index is 0.0113. The average Bonchev–Trinajstić information content (AvgIpc) is 2.70. The molecule has 2 rings (SSSR count). The molecular formula is C21H23BrClN3O4. The van der Waals surface area contributed by atoms with Crippen LogP contribution < -0.4 is 15.5 Å². The number of hydrogen-bond acceptors (Lipinski definition) is 5. The van der Waals surface area contributed by atoms with E-state index in [1.807, 2.05) is 13.8 Å². The lowest BCUT2D eigenvalue weighted by atomic mass is 10.0. The van der Waals surface area contributed by atoms with Crippen molar-refractivity contribution in [3.05, 3.63) is 57.0 Å². The molecule has 0 bridgehead atoms. The van der Waals surface area contributed by atoms with Crippen molar-refractivity contribution in [1.82, 2.24) is 10.7 Å². The number of phenols is 1. The molecule has 0 aromatic heterocycles. The summed E-state index contributed by atoms with van der Waals surface area (Å²) in [6, 6.07) is 8.84. The average molecular weight is 497 g/mol. The zero-order chi connectivity index (χ0) is 22.3. The highest BCUT2D eigenvalue weighted by molar-refractivity contribution is 9.10. The van der Waals surface area contributed by atoms with E-state index in [9.17, 15) is 14.7 Å². The topological polar surface area (TPSA) is 100 Å². The Bertz CT molecular complexity index is 933. The highest BCUT2D eigenvalue weighted by Crippen LogP contribution is 2.35. The van der Waals surface area contributed by atoms with Gasteiger partial charge in [0.1, 0.15) is 6.04 Å². The molecule has 2 amide bonds. The van der Waals surface area contributed by atoms with Crippen molar-refractivity contribution in [2.24, 2.45) is 11.0 Å². The summed E-state index contributed by atoms with van der Waals surface area (Å²) in [5.41, 5.74) is 3.45. The lowest BCUT2D eigenvalue weighted by molar-refractivity contribution is -0.123. The van der Waals surface area contributed by atoms with Gasteiger partial charge in [0, 0.05) is 10.6 Å². The second-order valence-electron chi connectivity index (χ2n) is 6.72. The van der Waals surface area contributed by atoms with Crippen molar-refractivity contribution in [3.8, 4) is 11.5 Å². The molecule has 2 aromatic rings. The van der Waals surface area contributed by atoms with Gasteiger partial charge < -0.3 is 15.2 Å². The fourth-order valence-electron chi connectivity index (χ4n) is 2.53. The van der Waals surface area contributed by atoms with E-state index in [0.717, 1.165) is 0 Å². The molecule has 2 aromatic carbocycles. The highest BCUT2D eigenvalue weighted by atomic mass is 79.9. The summed E-state index contributed by atoms with van der Waals surface area (Å²) >= 11 is 9.09. The first-order valence-corrected chi connectivity index (χ1v) is 10.4. The van der Waals surface area contributed by atoms with Crippen LogP contribution in [0, 0.1) is 5.92 Å². The number of carbonyl (C=O) groups excluding carboxylic acids is 2. The van der Waals surface area contributed by atoms with Crippen LogP contribution in [0.1, 0.15) is 36.7 Å². The third kappa shape index (κ3) is 6.47. The van der Waals surface area contributed by atoms with E-state index < -0.39 is 11.9 Å². The maximum absolute atomic E-state index is 12.6. The monoisotopic (exact) mass is 495 g/mol. The smallest absolute Gasteiger partial charge is 0.262 e. The number of carbonyl (C=O) groups is 2. The molecule has 160 valence electrons. The number of nitrogens with one attached hydrogen (secondary N) is 2. The van der Waals surface area contributed by atoms with Gasteiger partial charge in [0.25, 0.3) is 11.8 Å². The Morgan fingerprint density at radius 1 is 1.27 bits per heavy atom. The molecule has 0 heterocycles. The van der Waals surface area contributed by atoms with Crippen molar-refractivity contribution in [2.45, 2.75) is 26.8 Å². The van der Waals surface area contributed by atoms with Crippen molar-refractivity contribution in [3.63, 3.8) is 0 Å². The molecule has 30 heavy (non-hydrogen) atoms.